The van der Waals surface area contributed by atoms with Crippen molar-refractivity contribution in [1.82, 2.24) is 14.7 Å². The average Bonchev–Trinajstić information content (AvgIpc) is 2.84. The van der Waals surface area contributed by atoms with Crippen LogP contribution in [0.1, 0.15) is 11.1 Å². The van der Waals surface area contributed by atoms with E-state index < -0.39 is 10.0 Å². The molecule has 0 spiro atoms. The van der Waals surface area contributed by atoms with Crippen molar-refractivity contribution in [3.63, 3.8) is 0 Å². The SMILES string of the molecule is Cc1cc2[nH]c(=O)[nH]c2cc1S(=O)(=O)NCc1ccccc1Cl. The highest BCUT2D eigenvalue weighted by molar-refractivity contribution is 7.89. The molecule has 23 heavy (non-hydrogen) atoms. The van der Waals surface area contributed by atoms with Crippen LogP contribution in [0.25, 0.3) is 11.0 Å². The summed E-state index contributed by atoms with van der Waals surface area (Å²) < 4.78 is 27.6. The average molecular weight is 352 g/mol. The first-order valence-electron chi connectivity index (χ1n) is 6.82. The molecule has 0 aliphatic carbocycles. The van der Waals surface area contributed by atoms with E-state index in [1.807, 2.05) is 0 Å². The van der Waals surface area contributed by atoms with Crippen LogP contribution in [-0.2, 0) is 16.6 Å². The maximum atomic E-state index is 12.5. The van der Waals surface area contributed by atoms with Crippen molar-refractivity contribution in [2.45, 2.75) is 18.4 Å². The van der Waals surface area contributed by atoms with Gasteiger partial charge in [-0.1, -0.05) is 29.8 Å². The van der Waals surface area contributed by atoms with Crippen LogP contribution in [0, 0.1) is 6.92 Å². The number of imidazole rings is 1. The maximum absolute atomic E-state index is 12.5. The number of sulfonamides is 1. The molecule has 0 saturated carbocycles. The van der Waals surface area contributed by atoms with E-state index in [1.165, 1.54) is 6.07 Å². The number of aromatic nitrogens is 2. The van der Waals surface area contributed by atoms with E-state index in [0.29, 0.717) is 27.2 Å². The number of benzene rings is 2. The number of aromatic amines is 2. The van der Waals surface area contributed by atoms with Gasteiger partial charge in [-0.05, 0) is 36.2 Å². The molecule has 3 aromatic rings. The van der Waals surface area contributed by atoms with E-state index in [-0.39, 0.29) is 17.1 Å². The monoisotopic (exact) mass is 351 g/mol. The number of hydrogen-bond acceptors (Lipinski definition) is 3. The summed E-state index contributed by atoms with van der Waals surface area (Å²) >= 11 is 6.03. The van der Waals surface area contributed by atoms with Crippen molar-refractivity contribution in [2.24, 2.45) is 0 Å². The fraction of sp³-hybridized carbons (Fsp3) is 0.133. The Labute approximate surface area is 137 Å². The van der Waals surface area contributed by atoms with Crippen LogP contribution in [0.3, 0.4) is 0 Å². The third kappa shape index (κ3) is 3.17. The number of aryl methyl sites for hydroxylation is 1. The summed E-state index contributed by atoms with van der Waals surface area (Å²) in [5.41, 5.74) is 1.86. The Morgan fingerprint density at radius 1 is 1.13 bits per heavy atom. The quantitative estimate of drug-likeness (QED) is 0.673. The third-order valence-electron chi connectivity index (χ3n) is 3.51. The van der Waals surface area contributed by atoms with Crippen LogP contribution < -0.4 is 10.4 Å². The van der Waals surface area contributed by atoms with Gasteiger partial charge in [0.2, 0.25) is 10.0 Å². The molecule has 1 heterocycles. The normalized spacial score (nSPS) is 11.9. The topological polar surface area (TPSA) is 94.8 Å². The summed E-state index contributed by atoms with van der Waals surface area (Å²) in [6.45, 7) is 1.76. The van der Waals surface area contributed by atoms with E-state index in [0.717, 1.165) is 0 Å². The first-order chi connectivity index (χ1) is 10.9. The van der Waals surface area contributed by atoms with Gasteiger partial charge < -0.3 is 9.97 Å². The number of rotatable bonds is 4. The molecule has 6 nitrogen and oxygen atoms in total. The second kappa shape index (κ2) is 5.84. The summed E-state index contributed by atoms with van der Waals surface area (Å²) in [5, 5.41) is 0.498. The lowest BCUT2D eigenvalue weighted by atomic mass is 10.2. The van der Waals surface area contributed by atoms with Gasteiger partial charge in [0.1, 0.15) is 0 Å². The van der Waals surface area contributed by atoms with Gasteiger partial charge in [0.25, 0.3) is 0 Å². The zero-order valence-electron chi connectivity index (χ0n) is 12.2. The molecule has 0 fully saturated rings. The first-order valence-corrected chi connectivity index (χ1v) is 8.68. The number of H-pyrrole nitrogens is 2. The molecule has 2 aromatic carbocycles. The molecule has 0 aliphatic rings. The highest BCUT2D eigenvalue weighted by atomic mass is 35.5. The molecule has 8 heteroatoms. The van der Waals surface area contributed by atoms with Gasteiger partial charge in [-0.15, -0.1) is 0 Å². The second-order valence-corrected chi connectivity index (χ2v) is 7.30. The molecule has 0 radical (unpaired) electrons. The minimum Gasteiger partial charge on any atom is -0.306 e. The molecule has 3 N–H and O–H groups in total. The summed E-state index contributed by atoms with van der Waals surface area (Å²) in [6, 6.07) is 10.1. The Kier molecular flexibility index (Phi) is 4.01. The fourth-order valence-corrected chi connectivity index (χ4v) is 3.81. The van der Waals surface area contributed by atoms with Gasteiger partial charge in [-0.25, -0.2) is 17.9 Å². The van der Waals surface area contributed by atoms with Crippen LogP contribution in [-0.4, -0.2) is 18.4 Å². The van der Waals surface area contributed by atoms with Crippen LogP contribution in [0.4, 0.5) is 0 Å². The molecule has 0 bridgehead atoms. The molecule has 3 rings (SSSR count). The van der Waals surface area contributed by atoms with E-state index in [4.69, 9.17) is 11.6 Å². The molecule has 1 aromatic heterocycles. The van der Waals surface area contributed by atoms with Gasteiger partial charge >= 0.3 is 5.69 Å². The molecule has 0 aliphatic heterocycles. The summed E-state index contributed by atoms with van der Waals surface area (Å²) in [7, 11) is -3.73. The zero-order valence-corrected chi connectivity index (χ0v) is 13.8. The Bertz CT molecular complexity index is 1040. The minimum atomic E-state index is -3.73. The summed E-state index contributed by atoms with van der Waals surface area (Å²) in [4.78, 5) is 16.6. The third-order valence-corrected chi connectivity index (χ3v) is 5.42. The van der Waals surface area contributed by atoms with E-state index in [1.54, 1.807) is 37.3 Å². The standard InChI is InChI=1S/C15H14ClN3O3S/c1-9-6-12-13(19-15(20)18-12)7-14(9)23(21,22)17-8-10-4-2-3-5-11(10)16/h2-7,17H,8H2,1H3,(H2,18,19,20). The highest BCUT2D eigenvalue weighted by Crippen LogP contribution is 2.21. The molecule has 0 saturated heterocycles. The number of halogens is 1. The Hall–Kier alpha value is -2.09. The summed E-state index contributed by atoms with van der Waals surface area (Å²) in [5.74, 6) is 0. The van der Waals surface area contributed by atoms with Crippen molar-refractivity contribution in [3.8, 4) is 0 Å². The van der Waals surface area contributed by atoms with Crippen molar-refractivity contribution in [1.29, 1.82) is 0 Å². The van der Waals surface area contributed by atoms with E-state index in [9.17, 15) is 13.2 Å². The van der Waals surface area contributed by atoms with Crippen molar-refractivity contribution in [2.75, 3.05) is 0 Å². The smallest absolute Gasteiger partial charge is 0.306 e. The van der Waals surface area contributed by atoms with Crippen molar-refractivity contribution < 1.29 is 8.42 Å². The van der Waals surface area contributed by atoms with Crippen LogP contribution in [0.15, 0.2) is 46.1 Å². The van der Waals surface area contributed by atoms with Gasteiger partial charge in [-0.2, -0.15) is 0 Å². The van der Waals surface area contributed by atoms with Gasteiger partial charge in [0.15, 0.2) is 0 Å². The number of hydrogen-bond donors (Lipinski definition) is 3. The lowest BCUT2D eigenvalue weighted by molar-refractivity contribution is 0.581. The van der Waals surface area contributed by atoms with Gasteiger partial charge in [0, 0.05) is 11.6 Å². The largest absolute Gasteiger partial charge is 0.323 e. The van der Waals surface area contributed by atoms with E-state index in [2.05, 4.69) is 14.7 Å². The Morgan fingerprint density at radius 3 is 2.48 bits per heavy atom. The molecule has 0 atom stereocenters. The molecular formula is C15H14ClN3O3S. The minimum absolute atomic E-state index is 0.0864. The Morgan fingerprint density at radius 2 is 1.78 bits per heavy atom. The predicted molar refractivity (Wildman–Crippen MR) is 89.1 cm³/mol. The van der Waals surface area contributed by atoms with Gasteiger partial charge in [-0.3, -0.25) is 0 Å². The number of fused-ring (bicyclic) bond motifs is 1. The maximum Gasteiger partial charge on any atom is 0.323 e. The number of nitrogens with one attached hydrogen (secondary N) is 3. The lowest BCUT2D eigenvalue weighted by Gasteiger charge is -2.10. The van der Waals surface area contributed by atoms with Crippen LogP contribution in [0.2, 0.25) is 5.02 Å². The molecule has 0 amide bonds. The highest BCUT2D eigenvalue weighted by Gasteiger charge is 2.18. The fourth-order valence-electron chi connectivity index (χ4n) is 2.35. The second-order valence-electron chi connectivity index (χ2n) is 5.16. The van der Waals surface area contributed by atoms with Crippen molar-refractivity contribution >= 4 is 32.7 Å². The van der Waals surface area contributed by atoms with Crippen LogP contribution >= 0.6 is 11.6 Å². The zero-order chi connectivity index (χ0) is 16.6. The predicted octanol–water partition coefficient (Wildman–Crippen LogP) is 2.30. The van der Waals surface area contributed by atoms with E-state index >= 15 is 0 Å². The molecular weight excluding hydrogens is 338 g/mol. The molecule has 120 valence electrons. The van der Waals surface area contributed by atoms with Crippen LogP contribution in [0.5, 0.6) is 0 Å². The van der Waals surface area contributed by atoms with Crippen molar-refractivity contribution in [3.05, 3.63) is 63.0 Å². The first kappa shape index (κ1) is 15.8. The van der Waals surface area contributed by atoms with Gasteiger partial charge in [0.05, 0.1) is 15.9 Å². The lowest BCUT2D eigenvalue weighted by Crippen LogP contribution is -2.24. The summed E-state index contributed by atoms with van der Waals surface area (Å²) in [6.07, 6.45) is 0. The Balaban J connectivity index is 1.94. The molecule has 0 unspecified atom stereocenters.